The topological polar surface area (TPSA) is 43.8 Å². The maximum atomic E-state index is 12.9. The van der Waals surface area contributed by atoms with Crippen LogP contribution < -0.4 is 5.73 Å². The summed E-state index contributed by atoms with van der Waals surface area (Å²) < 4.78 is 14.5. The maximum absolute atomic E-state index is 12.9. The summed E-state index contributed by atoms with van der Waals surface area (Å²) in [7, 11) is 0. The Balaban J connectivity index is 2.40. The highest BCUT2D eigenvalue weighted by atomic mass is 35.5. The van der Waals surface area contributed by atoms with Crippen LogP contribution in [0, 0.1) is 5.82 Å². The summed E-state index contributed by atoms with van der Waals surface area (Å²) >= 11 is 5.87. The van der Waals surface area contributed by atoms with Gasteiger partial charge >= 0.3 is 0 Å². The third kappa shape index (κ3) is 2.26. The van der Waals surface area contributed by atoms with Gasteiger partial charge in [0, 0.05) is 0 Å². The standard InChI is InChI=1S/C12H13ClFN3/c1-2-11(8-3-5-9(14)6-4-8)17-12(15)10(13)7-16-17/h3-7,11H,2,15H2,1H3. The van der Waals surface area contributed by atoms with Crippen molar-refractivity contribution in [2.75, 3.05) is 5.73 Å². The van der Waals surface area contributed by atoms with E-state index in [0.29, 0.717) is 10.8 Å². The molecule has 17 heavy (non-hydrogen) atoms. The molecule has 2 aromatic rings. The summed E-state index contributed by atoms with van der Waals surface area (Å²) in [4.78, 5) is 0. The molecule has 0 fully saturated rings. The lowest BCUT2D eigenvalue weighted by Gasteiger charge is -2.17. The van der Waals surface area contributed by atoms with E-state index in [1.807, 2.05) is 6.92 Å². The summed E-state index contributed by atoms with van der Waals surface area (Å²) in [5.74, 6) is 0.179. The van der Waals surface area contributed by atoms with Gasteiger partial charge in [0.2, 0.25) is 0 Å². The molecule has 1 unspecified atom stereocenters. The third-order valence-electron chi connectivity index (χ3n) is 2.72. The van der Waals surface area contributed by atoms with Crippen molar-refractivity contribution in [3.05, 3.63) is 46.9 Å². The Kier molecular flexibility index (Phi) is 3.33. The number of aromatic nitrogens is 2. The molecule has 0 radical (unpaired) electrons. The van der Waals surface area contributed by atoms with Crippen molar-refractivity contribution in [3.63, 3.8) is 0 Å². The molecule has 0 saturated carbocycles. The number of rotatable bonds is 3. The van der Waals surface area contributed by atoms with E-state index >= 15 is 0 Å². The first-order valence-corrected chi connectivity index (χ1v) is 5.75. The van der Waals surface area contributed by atoms with Crippen LogP contribution >= 0.6 is 11.6 Å². The zero-order valence-electron chi connectivity index (χ0n) is 9.40. The van der Waals surface area contributed by atoms with E-state index in [2.05, 4.69) is 5.10 Å². The van der Waals surface area contributed by atoms with Crippen LogP contribution in [0.25, 0.3) is 0 Å². The quantitative estimate of drug-likeness (QED) is 0.913. The smallest absolute Gasteiger partial charge is 0.141 e. The average molecular weight is 254 g/mol. The molecule has 0 saturated heterocycles. The first-order valence-electron chi connectivity index (χ1n) is 5.37. The van der Waals surface area contributed by atoms with Crippen LogP contribution in [0.4, 0.5) is 10.2 Å². The second-order valence-electron chi connectivity index (χ2n) is 3.80. The molecule has 2 rings (SSSR count). The van der Waals surface area contributed by atoms with E-state index in [0.717, 1.165) is 12.0 Å². The second kappa shape index (κ2) is 4.75. The molecule has 0 aliphatic carbocycles. The van der Waals surface area contributed by atoms with Crippen LogP contribution in [-0.4, -0.2) is 9.78 Å². The number of benzene rings is 1. The Morgan fingerprint density at radius 1 is 1.41 bits per heavy atom. The molecule has 0 bridgehead atoms. The van der Waals surface area contributed by atoms with Crippen molar-refractivity contribution in [2.45, 2.75) is 19.4 Å². The van der Waals surface area contributed by atoms with Crippen molar-refractivity contribution in [1.82, 2.24) is 9.78 Å². The Bertz CT molecular complexity index is 507. The van der Waals surface area contributed by atoms with Gasteiger partial charge in [-0.1, -0.05) is 30.7 Å². The van der Waals surface area contributed by atoms with Crippen LogP contribution in [0.15, 0.2) is 30.5 Å². The number of halogens is 2. The molecule has 90 valence electrons. The molecule has 3 nitrogen and oxygen atoms in total. The van der Waals surface area contributed by atoms with Crippen molar-refractivity contribution >= 4 is 17.4 Å². The summed E-state index contributed by atoms with van der Waals surface area (Å²) in [6.07, 6.45) is 2.32. The number of anilines is 1. The fourth-order valence-electron chi connectivity index (χ4n) is 1.83. The van der Waals surface area contributed by atoms with Gasteiger partial charge in [-0.3, -0.25) is 0 Å². The lowest BCUT2D eigenvalue weighted by atomic mass is 10.0. The van der Waals surface area contributed by atoms with E-state index in [9.17, 15) is 4.39 Å². The van der Waals surface area contributed by atoms with Gasteiger partial charge in [-0.25, -0.2) is 9.07 Å². The van der Waals surface area contributed by atoms with Gasteiger partial charge in [0.05, 0.1) is 12.2 Å². The van der Waals surface area contributed by atoms with Gasteiger partial charge in [-0.05, 0) is 24.1 Å². The van der Waals surface area contributed by atoms with Gasteiger partial charge < -0.3 is 5.73 Å². The summed E-state index contributed by atoms with van der Waals surface area (Å²) in [6.45, 7) is 2.02. The van der Waals surface area contributed by atoms with Crippen LogP contribution in [-0.2, 0) is 0 Å². The fourth-order valence-corrected chi connectivity index (χ4v) is 1.96. The van der Waals surface area contributed by atoms with Gasteiger partial charge in [-0.2, -0.15) is 5.10 Å². The monoisotopic (exact) mass is 253 g/mol. The van der Waals surface area contributed by atoms with E-state index in [1.54, 1.807) is 16.8 Å². The van der Waals surface area contributed by atoms with Gasteiger partial charge in [-0.15, -0.1) is 0 Å². The first kappa shape index (κ1) is 11.9. The van der Waals surface area contributed by atoms with Crippen LogP contribution in [0.2, 0.25) is 5.02 Å². The largest absolute Gasteiger partial charge is 0.383 e. The predicted molar refractivity (Wildman–Crippen MR) is 66.5 cm³/mol. The van der Waals surface area contributed by atoms with Crippen LogP contribution in [0.5, 0.6) is 0 Å². The van der Waals surface area contributed by atoms with Crippen molar-refractivity contribution in [2.24, 2.45) is 0 Å². The molecule has 0 aliphatic heterocycles. The molecule has 2 N–H and O–H groups in total. The summed E-state index contributed by atoms with van der Waals surface area (Å²) in [5.41, 5.74) is 6.80. The Hall–Kier alpha value is -1.55. The highest BCUT2D eigenvalue weighted by Gasteiger charge is 2.16. The molecule has 1 aromatic heterocycles. The maximum Gasteiger partial charge on any atom is 0.141 e. The number of nitrogens with zero attached hydrogens (tertiary/aromatic N) is 2. The average Bonchev–Trinajstić information content (AvgIpc) is 2.65. The number of nitrogens with two attached hydrogens (primary N) is 1. The fraction of sp³-hybridized carbons (Fsp3) is 0.250. The first-order chi connectivity index (χ1) is 8.13. The van der Waals surface area contributed by atoms with E-state index in [-0.39, 0.29) is 11.9 Å². The Labute approximate surface area is 104 Å². The minimum absolute atomic E-state index is 0.0249. The van der Waals surface area contributed by atoms with Crippen molar-refractivity contribution in [1.29, 1.82) is 0 Å². The van der Waals surface area contributed by atoms with E-state index in [1.165, 1.54) is 18.3 Å². The van der Waals surface area contributed by atoms with Crippen molar-refractivity contribution < 1.29 is 4.39 Å². The third-order valence-corrected chi connectivity index (χ3v) is 3.01. The zero-order valence-corrected chi connectivity index (χ0v) is 10.2. The molecular weight excluding hydrogens is 241 g/mol. The predicted octanol–water partition coefficient (Wildman–Crippen LogP) is 3.26. The molecular formula is C12H13ClFN3. The lowest BCUT2D eigenvalue weighted by molar-refractivity contribution is 0.515. The molecule has 0 spiro atoms. The molecule has 0 aliphatic rings. The number of hydrogen-bond acceptors (Lipinski definition) is 2. The Morgan fingerprint density at radius 2 is 2.06 bits per heavy atom. The number of nitrogen functional groups attached to an aromatic ring is 1. The van der Waals surface area contributed by atoms with Gasteiger partial charge in [0.15, 0.2) is 0 Å². The summed E-state index contributed by atoms with van der Waals surface area (Å²) in [5, 5.41) is 4.59. The molecule has 0 amide bonds. The minimum atomic E-state index is -0.255. The molecule has 1 aromatic carbocycles. The second-order valence-corrected chi connectivity index (χ2v) is 4.21. The van der Waals surface area contributed by atoms with Crippen LogP contribution in [0.3, 0.4) is 0 Å². The Morgan fingerprint density at radius 3 is 2.53 bits per heavy atom. The van der Waals surface area contributed by atoms with Gasteiger partial charge in [0.25, 0.3) is 0 Å². The normalized spacial score (nSPS) is 12.6. The van der Waals surface area contributed by atoms with E-state index in [4.69, 9.17) is 17.3 Å². The highest BCUT2D eigenvalue weighted by Crippen LogP contribution is 2.27. The highest BCUT2D eigenvalue weighted by molar-refractivity contribution is 6.32. The van der Waals surface area contributed by atoms with Crippen molar-refractivity contribution in [3.8, 4) is 0 Å². The molecule has 1 atom stereocenters. The van der Waals surface area contributed by atoms with E-state index < -0.39 is 0 Å². The molecule has 5 heteroatoms. The summed E-state index contributed by atoms with van der Waals surface area (Å²) in [6, 6.07) is 6.30. The van der Waals surface area contributed by atoms with Crippen LogP contribution in [0.1, 0.15) is 24.9 Å². The SMILES string of the molecule is CCC(c1ccc(F)cc1)n1ncc(Cl)c1N. The number of hydrogen-bond donors (Lipinski definition) is 1. The lowest BCUT2D eigenvalue weighted by Crippen LogP contribution is -2.13. The minimum Gasteiger partial charge on any atom is -0.383 e. The molecule has 1 heterocycles. The zero-order chi connectivity index (χ0) is 12.4. The van der Waals surface area contributed by atoms with Gasteiger partial charge in [0.1, 0.15) is 16.7 Å².